The molecule has 0 bridgehead atoms. The number of hydrogen-bond acceptors (Lipinski definition) is 3. The maximum atomic E-state index is 9.82. The fraction of sp³-hybridized carbons (Fsp3) is 1.00. The highest BCUT2D eigenvalue weighted by atomic mass is 16.3. The summed E-state index contributed by atoms with van der Waals surface area (Å²) in [5.74, 6) is 0. The second-order valence-electron chi connectivity index (χ2n) is 6.22. The van der Waals surface area contributed by atoms with Crippen LogP contribution >= 0.6 is 0 Å². The van der Waals surface area contributed by atoms with Crippen LogP contribution in [0.2, 0.25) is 0 Å². The van der Waals surface area contributed by atoms with Crippen LogP contribution in [0.25, 0.3) is 0 Å². The number of nitrogens with zero attached hydrogens (tertiary/aromatic N) is 1. The number of nitrogens with one attached hydrogen (secondary N) is 1. The molecule has 1 aliphatic carbocycles. The van der Waals surface area contributed by atoms with Crippen molar-refractivity contribution >= 4 is 0 Å². The molecule has 0 aromatic rings. The molecule has 1 fully saturated rings. The first-order chi connectivity index (χ1) is 7.37. The van der Waals surface area contributed by atoms with Gasteiger partial charge in [0.1, 0.15) is 0 Å². The summed E-state index contributed by atoms with van der Waals surface area (Å²) in [6.45, 7) is 6.70. The molecular formula is C13H28N2O. The van der Waals surface area contributed by atoms with Crippen molar-refractivity contribution in [1.29, 1.82) is 0 Å². The molecule has 0 heterocycles. The Kier molecular flexibility index (Phi) is 4.77. The summed E-state index contributed by atoms with van der Waals surface area (Å²) in [5.41, 5.74) is -0.150. The standard InChI is InChI=1S/C13H28N2O/c1-12(2,16)10-15(4)11-13(9-14-3)7-5-6-8-13/h14,16H,5-11H2,1-4H3. The van der Waals surface area contributed by atoms with E-state index in [1.807, 2.05) is 20.9 Å². The van der Waals surface area contributed by atoms with E-state index in [-0.39, 0.29) is 0 Å². The third-order valence-corrected chi connectivity index (χ3v) is 3.48. The molecule has 3 nitrogen and oxygen atoms in total. The summed E-state index contributed by atoms with van der Waals surface area (Å²) in [4.78, 5) is 2.28. The van der Waals surface area contributed by atoms with Gasteiger partial charge >= 0.3 is 0 Å². The third-order valence-electron chi connectivity index (χ3n) is 3.48. The van der Waals surface area contributed by atoms with Crippen LogP contribution in [0.1, 0.15) is 39.5 Å². The Morgan fingerprint density at radius 3 is 2.31 bits per heavy atom. The first-order valence-electron chi connectivity index (χ1n) is 6.42. The molecule has 0 saturated heterocycles. The van der Waals surface area contributed by atoms with E-state index >= 15 is 0 Å². The van der Waals surface area contributed by atoms with E-state index in [0.717, 1.165) is 19.6 Å². The SMILES string of the molecule is CNCC1(CN(C)CC(C)(C)O)CCCC1. The maximum Gasteiger partial charge on any atom is 0.0718 e. The van der Waals surface area contributed by atoms with Crippen molar-refractivity contribution in [2.24, 2.45) is 5.41 Å². The van der Waals surface area contributed by atoms with Gasteiger partial charge in [-0.15, -0.1) is 0 Å². The molecule has 1 aliphatic rings. The topological polar surface area (TPSA) is 35.5 Å². The predicted molar refractivity (Wildman–Crippen MR) is 68.6 cm³/mol. The van der Waals surface area contributed by atoms with Crippen molar-refractivity contribution in [2.45, 2.75) is 45.1 Å². The van der Waals surface area contributed by atoms with Crippen LogP contribution < -0.4 is 5.32 Å². The van der Waals surface area contributed by atoms with Crippen LogP contribution in [0.15, 0.2) is 0 Å². The van der Waals surface area contributed by atoms with E-state index in [1.54, 1.807) is 0 Å². The molecule has 3 heteroatoms. The van der Waals surface area contributed by atoms with E-state index in [0.29, 0.717) is 5.41 Å². The first-order valence-corrected chi connectivity index (χ1v) is 6.42. The van der Waals surface area contributed by atoms with Crippen LogP contribution in [0.5, 0.6) is 0 Å². The van der Waals surface area contributed by atoms with Crippen LogP contribution in [0, 0.1) is 5.41 Å². The Morgan fingerprint density at radius 1 is 1.31 bits per heavy atom. The van der Waals surface area contributed by atoms with Gasteiger partial charge in [-0.1, -0.05) is 12.8 Å². The van der Waals surface area contributed by atoms with Gasteiger partial charge in [-0.3, -0.25) is 0 Å². The molecule has 96 valence electrons. The van der Waals surface area contributed by atoms with E-state index in [2.05, 4.69) is 17.3 Å². The zero-order valence-corrected chi connectivity index (χ0v) is 11.3. The second-order valence-corrected chi connectivity index (χ2v) is 6.22. The maximum absolute atomic E-state index is 9.82. The summed E-state index contributed by atoms with van der Waals surface area (Å²) < 4.78 is 0. The summed E-state index contributed by atoms with van der Waals surface area (Å²) in [6.07, 6.45) is 5.37. The normalized spacial score (nSPS) is 20.6. The fourth-order valence-corrected chi connectivity index (χ4v) is 3.18. The Balaban J connectivity index is 2.48. The van der Waals surface area contributed by atoms with E-state index in [1.165, 1.54) is 25.7 Å². The monoisotopic (exact) mass is 228 g/mol. The highest BCUT2D eigenvalue weighted by Crippen LogP contribution is 2.38. The molecule has 2 N–H and O–H groups in total. The molecule has 0 aromatic carbocycles. The van der Waals surface area contributed by atoms with Crippen molar-refractivity contribution in [1.82, 2.24) is 10.2 Å². The van der Waals surface area contributed by atoms with Crippen LogP contribution in [-0.2, 0) is 0 Å². The lowest BCUT2D eigenvalue weighted by molar-refractivity contribution is 0.0307. The van der Waals surface area contributed by atoms with Crippen molar-refractivity contribution in [2.75, 3.05) is 33.7 Å². The highest BCUT2D eigenvalue weighted by Gasteiger charge is 2.34. The Morgan fingerprint density at radius 2 is 1.88 bits per heavy atom. The van der Waals surface area contributed by atoms with Crippen LogP contribution in [-0.4, -0.2) is 49.3 Å². The van der Waals surface area contributed by atoms with Crippen LogP contribution in [0.4, 0.5) is 0 Å². The lowest BCUT2D eigenvalue weighted by Gasteiger charge is -2.35. The van der Waals surface area contributed by atoms with E-state index in [4.69, 9.17) is 0 Å². The minimum atomic E-state index is -0.589. The largest absolute Gasteiger partial charge is 0.389 e. The molecule has 0 aromatic heterocycles. The molecule has 1 rings (SSSR count). The van der Waals surface area contributed by atoms with Gasteiger partial charge in [-0.25, -0.2) is 0 Å². The lowest BCUT2D eigenvalue weighted by atomic mass is 9.85. The number of likely N-dealkylation sites (N-methyl/N-ethyl adjacent to an activating group) is 1. The summed E-state index contributed by atoms with van der Waals surface area (Å²) in [7, 11) is 4.16. The molecule has 0 radical (unpaired) electrons. The Hall–Kier alpha value is -0.120. The van der Waals surface area contributed by atoms with Crippen molar-refractivity contribution in [3.8, 4) is 0 Å². The molecule has 0 aliphatic heterocycles. The molecular weight excluding hydrogens is 200 g/mol. The molecule has 1 saturated carbocycles. The van der Waals surface area contributed by atoms with Crippen molar-refractivity contribution in [3.63, 3.8) is 0 Å². The Labute approximate surface area is 100 Å². The zero-order chi connectivity index (χ0) is 12.2. The fourth-order valence-electron chi connectivity index (χ4n) is 3.18. The van der Waals surface area contributed by atoms with E-state index in [9.17, 15) is 5.11 Å². The minimum Gasteiger partial charge on any atom is -0.389 e. The van der Waals surface area contributed by atoms with Gasteiger partial charge < -0.3 is 15.3 Å². The number of hydrogen-bond donors (Lipinski definition) is 2. The minimum absolute atomic E-state index is 0.439. The van der Waals surface area contributed by atoms with Gasteiger partial charge in [0.2, 0.25) is 0 Å². The smallest absolute Gasteiger partial charge is 0.0718 e. The Bertz CT molecular complexity index is 204. The van der Waals surface area contributed by atoms with Crippen LogP contribution in [0.3, 0.4) is 0 Å². The number of rotatable bonds is 6. The third kappa shape index (κ3) is 4.40. The second kappa shape index (κ2) is 5.48. The van der Waals surface area contributed by atoms with Gasteiger partial charge in [0.15, 0.2) is 0 Å². The summed E-state index contributed by atoms with van der Waals surface area (Å²) in [6, 6.07) is 0. The molecule has 0 unspecified atom stereocenters. The summed E-state index contributed by atoms with van der Waals surface area (Å²) in [5, 5.41) is 13.1. The molecule has 0 spiro atoms. The van der Waals surface area contributed by atoms with Gasteiger partial charge in [0, 0.05) is 19.6 Å². The quantitative estimate of drug-likeness (QED) is 0.722. The van der Waals surface area contributed by atoms with Gasteiger partial charge in [-0.05, 0) is 46.2 Å². The van der Waals surface area contributed by atoms with Gasteiger partial charge in [0.25, 0.3) is 0 Å². The van der Waals surface area contributed by atoms with Crippen molar-refractivity contribution in [3.05, 3.63) is 0 Å². The lowest BCUT2D eigenvalue weighted by Crippen LogP contribution is -2.45. The highest BCUT2D eigenvalue weighted by molar-refractivity contribution is 4.89. The summed E-state index contributed by atoms with van der Waals surface area (Å²) >= 11 is 0. The van der Waals surface area contributed by atoms with Gasteiger partial charge in [0.05, 0.1) is 5.60 Å². The molecule has 0 atom stereocenters. The zero-order valence-electron chi connectivity index (χ0n) is 11.3. The van der Waals surface area contributed by atoms with E-state index < -0.39 is 5.60 Å². The number of aliphatic hydroxyl groups is 1. The predicted octanol–water partition coefficient (Wildman–Crippen LogP) is 1.47. The average molecular weight is 228 g/mol. The first kappa shape index (κ1) is 13.9. The van der Waals surface area contributed by atoms with Gasteiger partial charge in [-0.2, -0.15) is 0 Å². The van der Waals surface area contributed by atoms with Crippen molar-refractivity contribution < 1.29 is 5.11 Å². The average Bonchev–Trinajstić information content (AvgIpc) is 2.49. The molecule has 16 heavy (non-hydrogen) atoms. The molecule has 0 amide bonds.